The number of carbonyl (C=O) groups excluding carboxylic acids is 1. The third-order valence-corrected chi connectivity index (χ3v) is 6.21. The van der Waals surface area contributed by atoms with Crippen LogP contribution < -0.4 is 10.2 Å². The number of anilines is 1. The van der Waals surface area contributed by atoms with Crippen LogP contribution >= 0.6 is 11.3 Å². The number of nitrogens with one attached hydrogen (secondary N) is 2. The summed E-state index contributed by atoms with van der Waals surface area (Å²) in [6.45, 7) is 5.79. The number of fused-ring (bicyclic) bond motifs is 1. The van der Waals surface area contributed by atoms with Gasteiger partial charge in [0.1, 0.15) is 6.04 Å². The van der Waals surface area contributed by atoms with Gasteiger partial charge in [-0.3, -0.25) is 4.79 Å². The van der Waals surface area contributed by atoms with Gasteiger partial charge in [-0.2, -0.15) is 0 Å². The molecule has 1 saturated carbocycles. The van der Waals surface area contributed by atoms with Gasteiger partial charge < -0.3 is 10.2 Å². The van der Waals surface area contributed by atoms with E-state index in [1.165, 1.54) is 34.4 Å². The molecule has 2 atom stereocenters. The average molecular weight is 342 g/mol. The average Bonchev–Trinajstić information content (AvgIpc) is 3.22. The molecule has 1 unspecified atom stereocenters. The summed E-state index contributed by atoms with van der Waals surface area (Å²) in [4.78, 5) is 15.6. The van der Waals surface area contributed by atoms with Crippen molar-refractivity contribution >= 4 is 22.9 Å². The van der Waals surface area contributed by atoms with E-state index in [-0.39, 0.29) is 5.91 Å². The van der Waals surface area contributed by atoms with E-state index in [0.29, 0.717) is 12.6 Å². The first-order valence-electron chi connectivity index (χ1n) is 8.89. The van der Waals surface area contributed by atoms with Crippen molar-refractivity contribution in [3.63, 3.8) is 0 Å². The van der Waals surface area contributed by atoms with Crippen molar-refractivity contribution in [2.45, 2.75) is 39.2 Å². The molecular formula is C20H25N2OS+. The molecule has 1 fully saturated rings. The lowest BCUT2D eigenvalue weighted by Crippen LogP contribution is -3.14. The lowest BCUT2D eigenvalue weighted by Gasteiger charge is -2.32. The number of hydrogen-bond acceptors (Lipinski definition) is 2. The fourth-order valence-corrected chi connectivity index (χ4v) is 5.08. The number of rotatable bonds is 4. The number of quaternary nitrogens is 1. The van der Waals surface area contributed by atoms with E-state index in [0.717, 1.165) is 24.6 Å². The molecule has 1 aromatic heterocycles. The molecule has 1 aliphatic carbocycles. The minimum Gasteiger partial charge on any atom is -0.321 e. The highest BCUT2D eigenvalue weighted by Gasteiger charge is 2.43. The molecule has 4 heteroatoms. The van der Waals surface area contributed by atoms with E-state index >= 15 is 0 Å². The number of benzene rings is 1. The van der Waals surface area contributed by atoms with E-state index in [1.54, 1.807) is 4.88 Å². The number of carbonyl (C=O) groups is 1. The Bertz CT molecular complexity index is 742. The molecule has 0 saturated heterocycles. The Balaban J connectivity index is 1.47. The zero-order chi connectivity index (χ0) is 16.7. The molecule has 2 heterocycles. The molecule has 24 heavy (non-hydrogen) atoms. The van der Waals surface area contributed by atoms with Gasteiger partial charge >= 0.3 is 0 Å². The van der Waals surface area contributed by atoms with Crippen LogP contribution in [0.15, 0.2) is 29.6 Å². The topological polar surface area (TPSA) is 33.5 Å². The summed E-state index contributed by atoms with van der Waals surface area (Å²) >= 11 is 1.89. The van der Waals surface area contributed by atoms with Crippen LogP contribution in [0.4, 0.5) is 5.69 Å². The van der Waals surface area contributed by atoms with Crippen molar-refractivity contribution in [1.29, 1.82) is 0 Å². The molecule has 2 aliphatic rings. The Labute approximate surface area is 147 Å². The third kappa shape index (κ3) is 3.26. The monoisotopic (exact) mass is 341 g/mol. The summed E-state index contributed by atoms with van der Waals surface area (Å²) in [6.07, 6.45) is 3.76. The van der Waals surface area contributed by atoms with Crippen LogP contribution in [0.3, 0.4) is 0 Å². The second-order valence-corrected chi connectivity index (χ2v) is 8.37. The van der Waals surface area contributed by atoms with Gasteiger partial charge in [0, 0.05) is 28.5 Å². The van der Waals surface area contributed by atoms with Crippen molar-refractivity contribution in [3.05, 3.63) is 51.2 Å². The molecular weight excluding hydrogens is 316 g/mol. The predicted octanol–water partition coefficient (Wildman–Crippen LogP) is 2.90. The Morgan fingerprint density at radius 2 is 2.00 bits per heavy atom. The summed E-state index contributed by atoms with van der Waals surface area (Å²) in [7, 11) is 0. The zero-order valence-electron chi connectivity index (χ0n) is 14.4. The quantitative estimate of drug-likeness (QED) is 0.881. The van der Waals surface area contributed by atoms with E-state index in [1.807, 2.05) is 23.5 Å². The lowest BCUT2D eigenvalue weighted by atomic mass is 9.96. The Morgan fingerprint density at radius 3 is 2.71 bits per heavy atom. The standard InChI is InChI=1S/C20H24N2OS/c1-13-9-14(2)11-16(10-13)21-19(23)12-22-7-5-18-17(6-8-24-18)20(22)15-3-4-15/h6,8-11,15,20H,3-5,7,12H2,1-2H3,(H,21,23)/p+1/t20-/m1/s1. The molecule has 4 rings (SSSR count). The molecule has 0 bridgehead atoms. The molecule has 1 aromatic carbocycles. The SMILES string of the molecule is Cc1cc(C)cc(NC(=O)C[NH+]2CCc3sccc3[C@H]2C2CC2)c1. The van der Waals surface area contributed by atoms with Crippen LogP contribution in [0.2, 0.25) is 0 Å². The molecule has 0 spiro atoms. The first-order valence-corrected chi connectivity index (χ1v) is 9.77. The van der Waals surface area contributed by atoms with E-state index < -0.39 is 0 Å². The van der Waals surface area contributed by atoms with Gasteiger partial charge in [0.05, 0.1) is 6.54 Å². The Hall–Kier alpha value is -1.65. The van der Waals surface area contributed by atoms with Crippen molar-refractivity contribution in [2.75, 3.05) is 18.4 Å². The van der Waals surface area contributed by atoms with Crippen molar-refractivity contribution in [1.82, 2.24) is 0 Å². The number of hydrogen-bond donors (Lipinski definition) is 2. The second kappa shape index (κ2) is 6.34. The van der Waals surface area contributed by atoms with Gasteiger partial charge in [-0.25, -0.2) is 0 Å². The van der Waals surface area contributed by atoms with Gasteiger partial charge in [-0.05, 0) is 61.4 Å². The summed E-state index contributed by atoms with van der Waals surface area (Å²) in [5.74, 6) is 0.919. The van der Waals surface area contributed by atoms with E-state index in [2.05, 4.69) is 36.7 Å². The Kier molecular flexibility index (Phi) is 4.19. The van der Waals surface area contributed by atoms with Crippen molar-refractivity contribution in [2.24, 2.45) is 5.92 Å². The normalized spacial score (nSPS) is 22.9. The highest BCUT2D eigenvalue weighted by atomic mass is 32.1. The van der Waals surface area contributed by atoms with Crippen LogP contribution in [0.5, 0.6) is 0 Å². The van der Waals surface area contributed by atoms with Gasteiger partial charge in [0.15, 0.2) is 6.54 Å². The first kappa shape index (κ1) is 15.9. The maximum absolute atomic E-state index is 12.6. The fraction of sp³-hybridized carbons (Fsp3) is 0.450. The first-order chi connectivity index (χ1) is 11.6. The summed E-state index contributed by atoms with van der Waals surface area (Å²) < 4.78 is 0. The third-order valence-electron chi connectivity index (χ3n) is 5.21. The maximum Gasteiger partial charge on any atom is 0.279 e. The number of thiophene rings is 1. The molecule has 1 aliphatic heterocycles. The summed E-state index contributed by atoms with van der Waals surface area (Å²) in [5.41, 5.74) is 4.82. The highest BCUT2D eigenvalue weighted by molar-refractivity contribution is 7.10. The van der Waals surface area contributed by atoms with E-state index in [4.69, 9.17) is 0 Å². The van der Waals surface area contributed by atoms with Gasteiger partial charge in [-0.15, -0.1) is 11.3 Å². The second-order valence-electron chi connectivity index (χ2n) is 7.37. The molecule has 126 valence electrons. The highest BCUT2D eigenvalue weighted by Crippen LogP contribution is 2.42. The summed E-state index contributed by atoms with van der Waals surface area (Å²) in [6, 6.07) is 9.05. The lowest BCUT2D eigenvalue weighted by molar-refractivity contribution is -0.928. The van der Waals surface area contributed by atoms with Gasteiger partial charge in [0.25, 0.3) is 5.91 Å². The minimum absolute atomic E-state index is 0.138. The van der Waals surface area contributed by atoms with E-state index in [9.17, 15) is 4.79 Å². The van der Waals surface area contributed by atoms with Crippen LogP contribution in [-0.2, 0) is 11.2 Å². The molecule has 0 radical (unpaired) electrons. The molecule has 3 nitrogen and oxygen atoms in total. The van der Waals surface area contributed by atoms with Crippen LogP contribution in [0.1, 0.15) is 40.5 Å². The largest absolute Gasteiger partial charge is 0.321 e. The van der Waals surface area contributed by atoms with Crippen molar-refractivity contribution in [3.8, 4) is 0 Å². The number of aryl methyl sites for hydroxylation is 2. The smallest absolute Gasteiger partial charge is 0.279 e. The van der Waals surface area contributed by atoms with Gasteiger partial charge in [-0.1, -0.05) is 6.07 Å². The van der Waals surface area contributed by atoms with Crippen molar-refractivity contribution < 1.29 is 9.69 Å². The molecule has 2 N–H and O–H groups in total. The predicted molar refractivity (Wildman–Crippen MR) is 98.7 cm³/mol. The molecule has 1 amide bonds. The van der Waals surface area contributed by atoms with Gasteiger partial charge in [0.2, 0.25) is 0 Å². The van der Waals surface area contributed by atoms with Crippen LogP contribution in [-0.4, -0.2) is 19.0 Å². The number of amides is 1. The zero-order valence-corrected chi connectivity index (χ0v) is 15.2. The minimum atomic E-state index is 0.138. The van der Waals surface area contributed by atoms with Crippen LogP contribution in [0.25, 0.3) is 0 Å². The molecule has 2 aromatic rings. The summed E-state index contributed by atoms with van der Waals surface area (Å²) in [5, 5.41) is 5.33. The maximum atomic E-state index is 12.6. The van der Waals surface area contributed by atoms with Crippen LogP contribution in [0, 0.1) is 19.8 Å². The Morgan fingerprint density at radius 1 is 1.25 bits per heavy atom. The fourth-order valence-electron chi connectivity index (χ4n) is 4.15.